The molecule has 160 valence electrons. The standard InChI is InChI=1S/C15H12O8.C3H8O.C2H6/c16-6-3-7(17)11-10(4-6)23-15(14(22)13(11)21)5-1-8(18)12(20)9(19)2-5;1-2-3-4;1-2/h1-4,14-20,22H;4H,2-3H2,1H3;1-2H3/t14-,15+;;/m0../s1. The third-order valence-electron chi connectivity index (χ3n) is 3.77. The van der Waals surface area contributed by atoms with Gasteiger partial charge in [0.05, 0.1) is 0 Å². The van der Waals surface area contributed by atoms with Crippen molar-refractivity contribution in [2.45, 2.75) is 39.4 Å². The van der Waals surface area contributed by atoms with Crippen LogP contribution in [0.2, 0.25) is 0 Å². The van der Waals surface area contributed by atoms with E-state index in [1.807, 2.05) is 20.8 Å². The number of ether oxygens (including phenoxy) is 1. The number of carbonyl (C=O) groups is 1. The molecule has 0 radical (unpaired) electrons. The summed E-state index contributed by atoms with van der Waals surface area (Å²) in [7, 11) is 0. The van der Waals surface area contributed by atoms with Gasteiger partial charge in [-0.2, -0.15) is 0 Å². The van der Waals surface area contributed by atoms with Gasteiger partial charge in [0.15, 0.2) is 29.5 Å². The predicted molar refractivity (Wildman–Crippen MR) is 104 cm³/mol. The Labute approximate surface area is 167 Å². The molecule has 2 aromatic rings. The zero-order valence-electron chi connectivity index (χ0n) is 16.3. The van der Waals surface area contributed by atoms with Gasteiger partial charge >= 0.3 is 0 Å². The van der Waals surface area contributed by atoms with Crippen LogP contribution in [0.3, 0.4) is 0 Å². The van der Waals surface area contributed by atoms with Crippen molar-refractivity contribution >= 4 is 5.78 Å². The van der Waals surface area contributed by atoms with Crippen LogP contribution in [0, 0.1) is 0 Å². The summed E-state index contributed by atoms with van der Waals surface area (Å²) in [4.78, 5) is 12.2. The number of aliphatic hydroxyl groups is 2. The first-order valence-electron chi connectivity index (χ1n) is 9.01. The van der Waals surface area contributed by atoms with E-state index < -0.39 is 41.0 Å². The molecule has 1 heterocycles. The van der Waals surface area contributed by atoms with Crippen molar-refractivity contribution in [2.75, 3.05) is 6.61 Å². The van der Waals surface area contributed by atoms with Crippen LogP contribution in [0.1, 0.15) is 49.2 Å². The van der Waals surface area contributed by atoms with Gasteiger partial charge in [0.25, 0.3) is 0 Å². The van der Waals surface area contributed by atoms with E-state index in [-0.39, 0.29) is 22.6 Å². The van der Waals surface area contributed by atoms with Crippen LogP contribution >= 0.6 is 0 Å². The molecule has 0 aromatic heterocycles. The van der Waals surface area contributed by atoms with Crippen LogP contribution in [0.25, 0.3) is 0 Å². The van der Waals surface area contributed by atoms with Crippen LogP contribution in [0.4, 0.5) is 0 Å². The molecule has 0 fully saturated rings. The van der Waals surface area contributed by atoms with Gasteiger partial charge in [-0.15, -0.1) is 0 Å². The van der Waals surface area contributed by atoms with Crippen LogP contribution in [0.5, 0.6) is 34.5 Å². The number of hydrogen-bond acceptors (Lipinski definition) is 9. The van der Waals surface area contributed by atoms with E-state index in [0.717, 1.165) is 30.7 Å². The number of aliphatic hydroxyl groups excluding tert-OH is 2. The van der Waals surface area contributed by atoms with Gasteiger partial charge in [-0.1, -0.05) is 20.8 Å². The molecule has 29 heavy (non-hydrogen) atoms. The molecule has 2 aromatic carbocycles. The highest BCUT2D eigenvalue weighted by molar-refractivity contribution is 6.05. The van der Waals surface area contributed by atoms with E-state index in [2.05, 4.69) is 0 Å². The molecule has 2 atom stereocenters. The Morgan fingerprint density at radius 2 is 1.45 bits per heavy atom. The molecule has 1 aliphatic rings. The van der Waals surface area contributed by atoms with Crippen molar-refractivity contribution in [1.82, 2.24) is 0 Å². The summed E-state index contributed by atoms with van der Waals surface area (Å²) in [5.74, 6) is -3.96. The van der Waals surface area contributed by atoms with Crippen molar-refractivity contribution in [1.29, 1.82) is 0 Å². The zero-order chi connectivity index (χ0) is 22.3. The van der Waals surface area contributed by atoms with Gasteiger partial charge in [-0.05, 0) is 18.6 Å². The van der Waals surface area contributed by atoms with Crippen LogP contribution < -0.4 is 4.74 Å². The average Bonchev–Trinajstić information content (AvgIpc) is 2.69. The second-order valence-corrected chi connectivity index (χ2v) is 5.82. The maximum absolute atomic E-state index is 12.2. The first kappa shape index (κ1) is 23.9. The summed E-state index contributed by atoms with van der Waals surface area (Å²) in [6, 6.07) is 4.06. The molecule has 0 unspecified atom stereocenters. The quantitative estimate of drug-likeness (QED) is 0.367. The minimum Gasteiger partial charge on any atom is -0.508 e. The highest BCUT2D eigenvalue weighted by atomic mass is 16.5. The Hall–Kier alpha value is -3.17. The second-order valence-electron chi connectivity index (χ2n) is 5.82. The summed E-state index contributed by atoms with van der Waals surface area (Å²) in [5, 5.41) is 65.6. The number of phenols is 5. The summed E-state index contributed by atoms with van der Waals surface area (Å²) in [5.41, 5.74) is -0.258. The van der Waals surface area contributed by atoms with Gasteiger partial charge in [0, 0.05) is 24.3 Å². The maximum atomic E-state index is 12.2. The van der Waals surface area contributed by atoms with Crippen molar-refractivity contribution in [2.24, 2.45) is 0 Å². The minimum absolute atomic E-state index is 0.0205. The number of benzene rings is 2. The molecule has 3 rings (SSSR count). The lowest BCUT2D eigenvalue weighted by molar-refractivity contribution is 0.0209. The molecule has 9 heteroatoms. The summed E-state index contributed by atoms with van der Waals surface area (Å²) >= 11 is 0. The normalized spacial score (nSPS) is 17.1. The Kier molecular flexibility index (Phi) is 8.56. The molecule has 7 N–H and O–H groups in total. The second kappa shape index (κ2) is 10.4. The fourth-order valence-electron chi connectivity index (χ4n) is 2.45. The van der Waals surface area contributed by atoms with E-state index >= 15 is 0 Å². The lowest BCUT2D eigenvalue weighted by atomic mass is 9.92. The van der Waals surface area contributed by atoms with Crippen molar-refractivity contribution in [3.63, 3.8) is 0 Å². The molecule has 0 amide bonds. The van der Waals surface area contributed by atoms with E-state index in [0.29, 0.717) is 6.61 Å². The number of hydrogen-bond donors (Lipinski definition) is 7. The van der Waals surface area contributed by atoms with Gasteiger partial charge in [-0.25, -0.2) is 0 Å². The van der Waals surface area contributed by atoms with Crippen molar-refractivity contribution in [3.8, 4) is 34.5 Å². The molecule has 0 bridgehead atoms. The third kappa shape index (κ3) is 5.21. The molecular formula is C20H26O9. The number of rotatable bonds is 2. The first-order valence-corrected chi connectivity index (χ1v) is 9.01. The number of ketones is 1. The van der Waals surface area contributed by atoms with Gasteiger partial charge in [0.1, 0.15) is 22.8 Å². The zero-order valence-corrected chi connectivity index (χ0v) is 16.3. The molecule has 1 aliphatic heterocycles. The van der Waals surface area contributed by atoms with E-state index in [1.54, 1.807) is 0 Å². The van der Waals surface area contributed by atoms with Crippen molar-refractivity contribution < 1.29 is 45.3 Å². The summed E-state index contributed by atoms with van der Waals surface area (Å²) < 4.78 is 5.42. The predicted octanol–water partition coefficient (Wildman–Crippen LogP) is 2.31. The van der Waals surface area contributed by atoms with Gasteiger partial charge < -0.3 is 40.5 Å². The molecule has 0 saturated heterocycles. The molecule has 0 spiro atoms. The maximum Gasteiger partial charge on any atom is 0.202 e. The summed E-state index contributed by atoms with van der Waals surface area (Å²) in [6.45, 7) is 6.25. The molecular weight excluding hydrogens is 384 g/mol. The lowest BCUT2D eigenvalue weighted by Crippen LogP contribution is -2.36. The van der Waals surface area contributed by atoms with E-state index in [1.165, 1.54) is 0 Å². The van der Waals surface area contributed by atoms with Crippen LogP contribution in [-0.4, -0.2) is 54.2 Å². The Morgan fingerprint density at radius 3 is 1.93 bits per heavy atom. The third-order valence-corrected chi connectivity index (χ3v) is 3.77. The average molecular weight is 410 g/mol. The fraction of sp³-hybridized carbons (Fsp3) is 0.350. The Morgan fingerprint density at radius 1 is 0.931 bits per heavy atom. The fourth-order valence-corrected chi connectivity index (χ4v) is 2.45. The highest BCUT2D eigenvalue weighted by Crippen LogP contribution is 2.44. The Balaban J connectivity index is 0.000000627. The molecule has 0 saturated carbocycles. The van der Waals surface area contributed by atoms with Crippen LogP contribution in [0.15, 0.2) is 24.3 Å². The number of carbonyl (C=O) groups excluding carboxylic acids is 1. The molecule has 0 aliphatic carbocycles. The topological polar surface area (TPSA) is 168 Å². The summed E-state index contributed by atoms with van der Waals surface area (Å²) in [6.07, 6.45) is -2.16. The minimum atomic E-state index is -1.72. The van der Waals surface area contributed by atoms with Crippen molar-refractivity contribution in [3.05, 3.63) is 35.4 Å². The SMILES string of the molecule is CC.CCCO.O=C1c2c(O)cc(O)cc2O[C@H](c2cc(O)c(O)c(O)c2)[C@H]1O. The van der Waals surface area contributed by atoms with E-state index in [9.17, 15) is 35.4 Å². The number of phenolic OH excluding ortho intramolecular Hbond substituents is 5. The lowest BCUT2D eigenvalue weighted by Gasteiger charge is -2.30. The van der Waals surface area contributed by atoms with E-state index in [4.69, 9.17) is 9.84 Å². The highest BCUT2D eigenvalue weighted by Gasteiger charge is 2.39. The van der Waals surface area contributed by atoms with Gasteiger partial charge in [-0.3, -0.25) is 4.79 Å². The number of fused-ring (bicyclic) bond motifs is 1. The largest absolute Gasteiger partial charge is 0.508 e. The smallest absolute Gasteiger partial charge is 0.202 e. The molecule has 9 nitrogen and oxygen atoms in total. The monoisotopic (exact) mass is 410 g/mol. The van der Waals surface area contributed by atoms with Crippen LogP contribution in [-0.2, 0) is 0 Å². The number of Topliss-reactive ketones (excluding diaryl/α,β-unsaturated/α-hetero) is 1. The Bertz CT molecular complexity index is 823. The van der Waals surface area contributed by atoms with Gasteiger partial charge in [0.2, 0.25) is 5.78 Å². The first-order chi connectivity index (χ1) is 13.7. The number of aromatic hydroxyl groups is 5.